The van der Waals surface area contributed by atoms with Crippen LogP contribution in [-0.4, -0.2) is 19.0 Å². The molecule has 1 unspecified atom stereocenters. The Balaban J connectivity index is 1.96. The van der Waals surface area contributed by atoms with Crippen molar-refractivity contribution < 1.29 is 14.3 Å². The Hall–Kier alpha value is -2.80. The Bertz CT molecular complexity index is 940. The number of carbonyl (C=O) groups excluding carboxylic acids is 2. The minimum absolute atomic E-state index is 0.275. The van der Waals surface area contributed by atoms with Crippen molar-refractivity contribution in [3.63, 3.8) is 0 Å². The topological polar surface area (TPSA) is 79.5 Å². The first-order chi connectivity index (χ1) is 12.9. The summed E-state index contributed by atoms with van der Waals surface area (Å²) < 4.78 is 6.00. The Morgan fingerprint density at radius 2 is 1.96 bits per heavy atom. The summed E-state index contributed by atoms with van der Waals surface area (Å²) in [5.74, 6) is 0.396. The number of aryl methyl sites for hydroxylation is 1. The molecule has 1 aliphatic heterocycles. The quantitative estimate of drug-likeness (QED) is 0.685. The van der Waals surface area contributed by atoms with Gasteiger partial charge in [-0.3, -0.25) is 4.79 Å². The first-order valence-electron chi connectivity index (χ1n) is 8.39. The predicted molar refractivity (Wildman–Crippen MR) is 108 cm³/mol. The van der Waals surface area contributed by atoms with E-state index in [4.69, 9.17) is 4.74 Å². The maximum Gasteiger partial charge on any atom is 0.319 e. The molecule has 3 N–H and O–H groups in total. The predicted octanol–water partition coefficient (Wildman–Crippen LogP) is 4.03. The first-order valence-corrected chi connectivity index (χ1v) is 9.18. The number of ether oxygens (including phenoxy) is 1. The standard InChI is InChI=1S/C20H20BrN3O3/c1-11-5-4-6-14(9-11)23-19(25)17-12(2)22-20(26)24-18(17)13-7-8-16(27-3)15(21)10-13/h4-10,18H,1-3H3,(H,23,25)(H2,22,24,26). The molecule has 6 nitrogen and oxygen atoms in total. The molecule has 1 heterocycles. The van der Waals surface area contributed by atoms with Crippen molar-refractivity contribution in [3.8, 4) is 5.75 Å². The normalized spacial score (nSPS) is 16.4. The van der Waals surface area contributed by atoms with Gasteiger partial charge in [0, 0.05) is 11.4 Å². The molecule has 140 valence electrons. The molecule has 0 fully saturated rings. The number of allylic oxidation sites excluding steroid dienone is 1. The molecule has 2 aromatic carbocycles. The van der Waals surface area contributed by atoms with E-state index in [0.717, 1.165) is 15.6 Å². The minimum atomic E-state index is -0.578. The number of hydrogen-bond acceptors (Lipinski definition) is 3. The van der Waals surface area contributed by atoms with Crippen molar-refractivity contribution in [1.82, 2.24) is 10.6 Å². The summed E-state index contributed by atoms with van der Waals surface area (Å²) in [6.45, 7) is 3.68. The van der Waals surface area contributed by atoms with Crippen LogP contribution >= 0.6 is 15.9 Å². The number of anilines is 1. The van der Waals surface area contributed by atoms with Crippen LogP contribution in [0.15, 0.2) is 58.2 Å². The lowest BCUT2D eigenvalue weighted by molar-refractivity contribution is -0.113. The number of urea groups is 1. The second kappa shape index (κ2) is 7.84. The van der Waals surface area contributed by atoms with Gasteiger partial charge in [0.15, 0.2) is 0 Å². The van der Waals surface area contributed by atoms with Crippen LogP contribution in [0.2, 0.25) is 0 Å². The van der Waals surface area contributed by atoms with Crippen LogP contribution in [-0.2, 0) is 4.79 Å². The van der Waals surface area contributed by atoms with E-state index in [1.807, 2.05) is 43.3 Å². The Morgan fingerprint density at radius 3 is 2.63 bits per heavy atom. The van der Waals surface area contributed by atoms with Crippen molar-refractivity contribution in [3.05, 3.63) is 69.3 Å². The second-order valence-corrected chi connectivity index (χ2v) is 7.14. The van der Waals surface area contributed by atoms with Gasteiger partial charge in [0.05, 0.1) is 23.2 Å². The van der Waals surface area contributed by atoms with E-state index in [9.17, 15) is 9.59 Å². The molecule has 1 aliphatic rings. The smallest absolute Gasteiger partial charge is 0.319 e. The summed E-state index contributed by atoms with van der Waals surface area (Å²) in [4.78, 5) is 25.0. The van der Waals surface area contributed by atoms with E-state index >= 15 is 0 Å². The number of carbonyl (C=O) groups is 2. The van der Waals surface area contributed by atoms with E-state index < -0.39 is 6.04 Å². The lowest BCUT2D eigenvalue weighted by atomic mass is 9.94. The van der Waals surface area contributed by atoms with Gasteiger partial charge in [-0.2, -0.15) is 0 Å². The summed E-state index contributed by atoms with van der Waals surface area (Å²) in [6.07, 6.45) is 0. The van der Waals surface area contributed by atoms with Gasteiger partial charge in [-0.25, -0.2) is 4.79 Å². The third kappa shape index (κ3) is 4.14. The minimum Gasteiger partial charge on any atom is -0.496 e. The fourth-order valence-electron chi connectivity index (χ4n) is 3.03. The molecule has 27 heavy (non-hydrogen) atoms. The van der Waals surface area contributed by atoms with Crippen LogP contribution in [0.25, 0.3) is 0 Å². The Morgan fingerprint density at radius 1 is 1.19 bits per heavy atom. The molecule has 0 aromatic heterocycles. The molecule has 7 heteroatoms. The number of benzene rings is 2. The molecule has 0 saturated carbocycles. The summed E-state index contributed by atoms with van der Waals surface area (Å²) in [5, 5.41) is 8.41. The molecular weight excluding hydrogens is 410 g/mol. The van der Waals surface area contributed by atoms with Crippen LogP contribution < -0.4 is 20.7 Å². The highest BCUT2D eigenvalue weighted by atomic mass is 79.9. The molecule has 0 saturated heterocycles. The van der Waals surface area contributed by atoms with E-state index in [1.165, 1.54) is 0 Å². The van der Waals surface area contributed by atoms with E-state index in [-0.39, 0.29) is 11.9 Å². The van der Waals surface area contributed by atoms with E-state index in [1.54, 1.807) is 20.1 Å². The second-order valence-electron chi connectivity index (χ2n) is 6.29. The molecule has 0 aliphatic carbocycles. The molecule has 1 atom stereocenters. The molecule has 3 amide bonds. The molecule has 0 bridgehead atoms. The molecule has 0 spiro atoms. The van der Waals surface area contributed by atoms with Crippen molar-refractivity contribution in [2.45, 2.75) is 19.9 Å². The summed E-state index contributed by atoms with van der Waals surface area (Å²) in [6, 6.07) is 12.1. The fourth-order valence-corrected chi connectivity index (χ4v) is 3.59. The van der Waals surface area contributed by atoms with Crippen LogP contribution in [0, 0.1) is 6.92 Å². The first kappa shape index (κ1) is 19.0. The maximum atomic E-state index is 13.0. The maximum absolute atomic E-state index is 13.0. The van der Waals surface area contributed by atoms with Crippen molar-refractivity contribution in [2.24, 2.45) is 0 Å². The largest absolute Gasteiger partial charge is 0.496 e. The highest BCUT2D eigenvalue weighted by molar-refractivity contribution is 9.10. The van der Waals surface area contributed by atoms with Gasteiger partial charge in [-0.05, 0) is 65.2 Å². The monoisotopic (exact) mass is 429 g/mol. The highest BCUT2D eigenvalue weighted by Gasteiger charge is 2.31. The zero-order valence-electron chi connectivity index (χ0n) is 15.2. The van der Waals surface area contributed by atoms with Gasteiger partial charge in [0.1, 0.15) is 5.75 Å². The summed E-state index contributed by atoms with van der Waals surface area (Å²) >= 11 is 3.45. The third-order valence-corrected chi connectivity index (χ3v) is 4.92. The van der Waals surface area contributed by atoms with Crippen LogP contribution in [0.4, 0.5) is 10.5 Å². The highest BCUT2D eigenvalue weighted by Crippen LogP contribution is 2.33. The molecule has 2 aromatic rings. The average Bonchev–Trinajstić information content (AvgIpc) is 2.60. The van der Waals surface area contributed by atoms with Crippen LogP contribution in [0.3, 0.4) is 0 Å². The molecule has 3 rings (SSSR count). The van der Waals surface area contributed by atoms with Crippen LogP contribution in [0.5, 0.6) is 5.75 Å². The lowest BCUT2D eigenvalue weighted by Gasteiger charge is -2.29. The van der Waals surface area contributed by atoms with E-state index in [0.29, 0.717) is 22.7 Å². The number of hydrogen-bond donors (Lipinski definition) is 3. The van der Waals surface area contributed by atoms with Gasteiger partial charge in [-0.15, -0.1) is 0 Å². The Labute approximate surface area is 166 Å². The summed E-state index contributed by atoms with van der Waals surface area (Å²) in [5.41, 5.74) is 3.48. The van der Waals surface area contributed by atoms with Crippen LogP contribution in [0.1, 0.15) is 24.1 Å². The zero-order valence-corrected chi connectivity index (χ0v) is 16.8. The van der Waals surface area contributed by atoms with Gasteiger partial charge in [-0.1, -0.05) is 18.2 Å². The van der Waals surface area contributed by atoms with Gasteiger partial charge < -0.3 is 20.7 Å². The zero-order chi connectivity index (χ0) is 19.6. The SMILES string of the molecule is COc1ccc(C2NC(=O)NC(C)=C2C(=O)Nc2cccc(C)c2)cc1Br. The number of nitrogens with one attached hydrogen (secondary N) is 3. The van der Waals surface area contributed by atoms with Gasteiger partial charge in [0.2, 0.25) is 0 Å². The van der Waals surface area contributed by atoms with Crippen molar-refractivity contribution in [2.75, 3.05) is 12.4 Å². The number of amides is 3. The number of halogens is 1. The van der Waals surface area contributed by atoms with E-state index in [2.05, 4.69) is 31.9 Å². The molecule has 0 radical (unpaired) electrons. The Kier molecular flexibility index (Phi) is 5.51. The van der Waals surface area contributed by atoms with Crippen molar-refractivity contribution in [1.29, 1.82) is 0 Å². The summed E-state index contributed by atoms with van der Waals surface area (Å²) in [7, 11) is 1.58. The average molecular weight is 430 g/mol. The lowest BCUT2D eigenvalue weighted by Crippen LogP contribution is -2.46. The van der Waals surface area contributed by atoms with Gasteiger partial charge >= 0.3 is 6.03 Å². The number of rotatable bonds is 4. The molecular formula is C20H20BrN3O3. The fraction of sp³-hybridized carbons (Fsp3) is 0.200. The van der Waals surface area contributed by atoms with Crippen molar-refractivity contribution >= 4 is 33.6 Å². The van der Waals surface area contributed by atoms with Gasteiger partial charge in [0.25, 0.3) is 5.91 Å². The third-order valence-electron chi connectivity index (χ3n) is 4.30. The number of methoxy groups -OCH3 is 1.